The van der Waals surface area contributed by atoms with Crippen LogP contribution in [0.3, 0.4) is 0 Å². The number of nitrogens with zero attached hydrogens (tertiary/aromatic N) is 2. The maximum atomic E-state index is 14.7. The number of aromatic nitrogens is 2. The lowest BCUT2D eigenvalue weighted by molar-refractivity contribution is -0.206. The van der Waals surface area contributed by atoms with Gasteiger partial charge in [-0.2, -0.15) is 13.2 Å². The number of carbonyl (C=O) groups excluding carboxylic acids is 2. The van der Waals surface area contributed by atoms with Gasteiger partial charge in [-0.05, 0) is 49.6 Å². The molecule has 0 aliphatic rings. The lowest BCUT2D eigenvalue weighted by Gasteiger charge is -2.20. The van der Waals surface area contributed by atoms with Crippen molar-refractivity contribution in [3.63, 3.8) is 0 Å². The van der Waals surface area contributed by atoms with E-state index in [0.29, 0.717) is 36.2 Å². The summed E-state index contributed by atoms with van der Waals surface area (Å²) in [5, 5.41) is 0. The molecule has 0 N–H and O–H groups in total. The van der Waals surface area contributed by atoms with Crippen LogP contribution >= 0.6 is 0 Å². The van der Waals surface area contributed by atoms with Crippen molar-refractivity contribution < 1.29 is 41.4 Å². The van der Waals surface area contributed by atoms with E-state index in [4.69, 9.17) is 9.47 Å². The van der Waals surface area contributed by atoms with Gasteiger partial charge in [-0.25, -0.2) is 23.9 Å². The first-order chi connectivity index (χ1) is 22.6. The van der Waals surface area contributed by atoms with Crippen LogP contribution in [-0.2, 0) is 4.74 Å². The van der Waals surface area contributed by atoms with E-state index in [2.05, 4.69) is 21.6 Å². The Balaban J connectivity index is 1.49. The predicted octanol–water partition coefficient (Wildman–Crippen LogP) is 10.1. The second kappa shape index (κ2) is 19.6. The smallest absolute Gasteiger partial charge is 0.425 e. The highest BCUT2D eigenvalue weighted by atomic mass is 19.4. The molecule has 1 aromatic heterocycles. The van der Waals surface area contributed by atoms with Crippen molar-refractivity contribution in [1.82, 2.24) is 9.97 Å². The van der Waals surface area contributed by atoms with Crippen LogP contribution in [0.2, 0.25) is 0 Å². The zero-order valence-corrected chi connectivity index (χ0v) is 27.1. The summed E-state index contributed by atoms with van der Waals surface area (Å²) < 4.78 is 70.4. The van der Waals surface area contributed by atoms with E-state index < -0.39 is 41.3 Å². The summed E-state index contributed by atoms with van der Waals surface area (Å²) in [6.45, 7) is 4.74. The van der Waals surface area contributed by atoms with Gasteiger partial charge in [-0.1, -0.05) is 90.2 Å². The number of rotatable bonds is 20. The van der Waals surface area contributed by atoms with Crippen LogP contribution in [0.4, 0.5) is 17.6 Å². The van der Waals surface area contributed by atoms with Crippen LogP contribution in [0, 0.1) is 5.82 Å². The van der Waals surface area contributed by atoms with Crippen molar-refractivity contribution >= 4 is 11.9 Å². The average molecular weight is 661 g/mol. The second-order valence-electron chi connectivity index (χ2n) is 11.5. The third kappa shape index (κ3) is 13.0. The minimum Gasteiger partial charge on any atom is -0.490 e. The molecular weight excluding hydrogens is 616 g/mol. The largest absolute Gasteiger partial charge is 0.490 e. The van der Waals surface area contributed by atoms with Gasteiger partial charge in [0.25, 0.3) is 0 Å². The molecule has 7 nitrogen and oxygen atoms in total. The quantitative estimate of drug-likeness (QED) is 0.0516. The maximum Gasteiger partial charge on any atom is 0.425 e. The molecule has 256 valence electrons. The van der Waals surface area contributed by atoms with Crippen LogP contribution < -0.4 is 9.47 Å². The number of unbranched alkanes of at least 4 members (excludes halogenated alkanes) is 10. The molecule has 0 amide bonds. The molecule has 0 spiro atoms. The first-order valence-corrected chi connectivity index (χ1v) is 16.5. The standard InChI is InChI=1S/C36H44F4N2O5/c1-3-5-7-9-10-11-12-14-22-45-29-24-41-33(42-25-29)26-16-18-27(19-17-26)34(43)46-31-21-20-28(23-30(31)37)35(44)47-32(36(38,39)40)15-13-8-6-4-2/h16-21,23-25,32H,3-15,22H2,1-2H3. The first kappa shape index (κ1) is 37.4. The summed E-state index contributed by atoms with van der Waals surface area (Å²) in [5.74, 6) is -2.80. The molecule has 3 rings (SSSR count). The van der Waals surface area contributed by atoms with E-state index >= 15 is 0 Å². The molecule has 0 saturated carbocycles. The lowest BCUT2D eigenvalue weighted by atomic mass is 10.1. The van der Waals surface area contributed by atoms with Crippen molar-refractivity contribution in [3.8, 4) is 22.9 Å². The van der Waals surface area contributed by atoms with E-state index in [-0.39, 0.29) is 18.4 Å². The molecule has 3 aromatic rings. The van der Waals surface area contributed by atoms with E-state index in [9.17, 15) is 27.2 Å². The molecule has 11 heteroatoms. The Labute approximate surface area is 274 Å². The van der Waals surface area contributed by atoms with Crippen molar-refractivity contribution in [2.75, 3.05) is 6.61 Å². The molecule has 1 atom stereocenters. The first-order valence-electron chi connectivity index (χ1n) is 16.5. The normalized spacial score (nSPS) is 12.0. The number of halogens is 4. The fraction of sp³-hybridized carbons (Fsp3) is 0.500. The number of carbonyl (C=O) groups is 2. The molecule has 1 unspecified atom stereocenters. The zero-order valence-electron chi connectivity index (χ0n) is 27.1. The summed E-state index contributed by atoms with van der Waals surface area (Å²) in [4.78, 5) is 33.7. The van der Waals surface area contributed by atoms with E-state index in [1.807, 2.05) is 6.92 Å². The molecule has 0 bridgehead atoms. The fourth-order valence-corrected chi connectivity index (χ4v) is 4.83. The van der Waals surface area contributed by atoms with E-state index in [0.717, 1.165) is 37.8 Å². The number of benzene rings is 2. The van der Waals surface area contributed by atoms with Crippen molar-refractivity contribution in [2.45, 2.75) is 110 Å². The van der Waals surface area contributed by atoms with Gasteiger partial charge in [0.15, 0.2) is 29.2 Å². The number of esters is 2. The Hall–Kier alpha value is -4.02. The van der Waals surface area contributed by atoms with E-state index in [1.165, 1.54) is 50.7 Å². The van der Waals surface area contributed by atoms with Crippen molar-refractivity contribution in [3.05, 3.63) is 71.8 Å². The molecule has 1 heterocycles. The van der Waals surface area contributed by atoms with Crippen LogP contribution in [0.5, 0.6) is 11.5 Å². The number of ether oxygens (including phenoxy) is 3. The van der Waals surface area contributed by atoms with Crippen LogP contribution in [-0.4, -0.2) is 40.8 Å². The molecule has 0 fully saturated rings. The molecule has 2 aromatic carbocycles. The molecule has 0 saturated heterocycles. The summed E-state index contributed by atoms with van der Waals surface area (Å²) in [7, 11) is 0. The average Bonchev–Trinajstić information content (AvgIpc) is 3.06. The molecule has 0 aliphatic carbocycles. The highest BCUT2D eigenvalue weighted by Gasteiger charge is 2.42. The summed E-state index contributed by atoms with van der Waals surface area (Å²) in [6, 6.07) is 8.88. The van der Waals surface area contributed by atoms with Gasteiger partial charge in [-0.15, -0.1) is 0 Å². The van der Waals surface area contributed by atoms with Gasteiger partial charge >= 0.3 is 18.1 Å². The van der Waals surface area contributed by atoms with Gasteiger partial charge in [-0.3, -0.25) is 0 Å². The Kier molecular flexibility index (Phi) is 15.6. The van der Waals surface area contributed by atoms with Gasteiger partial charge < -0.3 is 14.2 Å². The van der Waals surface area contributed by atoms with Gasteiger partial charge in [0.1, 0.15) is 0 Å². The van der Waals surface area contributed by atoms with E-state index in [1.54, 1.807) is 24.5 Å². The monoisotopic (exact) mass is 660 g/mol. The minimum absolute atomic E-state index is 0.109. The minimum atomic E-state index is -4.75. The Morgan fingerprint density at radius 2 is 1.32 bits per heavy atom. The topological polar surface area (TPSA) is 87.6 Å². The predicted molar refractivity (Wildman–Crippen MR) is 171 cm³/mol. The van der Waals surface area contributed by atoms with Crippen LogP contribution in [0.1, 0.15) is 118 Å². The molecule has 0 aliphatic heterocycles. The molecule has 47 heavy (non-hydrogen) atoms. The van der Waals surface area contributed by atoms with Gasteiger partial charge in [0.05, 0.1) is 30.1 Å². The molecule has 0 radical (unpaired) electrons. The summed E-state index contributed by atoms with van der Waals surface area (Å²) in [5.41, 5.74) is 0.310. The second-order valence-corrected chi connectivity index (χ2v) is 11.5. The molecular formula is C36H44F4N2O5. The van der Waals surface area contributed by atoms with Gasteiger partial charge in [0, 0.05) is 5.56 Å². The number of alkyl halides is 3. The number of hydrogen-bond acceptors (Lipinski definition) is 7. The van der Waals surface area contributed by atoms with Crippen LogP contribution in [0.25, 0.3) is 11.4 Å². The fourth-order valence-electron chi connectivity index (χ4n) is 4.83. The number of hydrogen-bond donors (Lipinski definition) is 0. The Bertz CT molecular complexity index is 1380. The van der Waals surface area contributed by atoms with Gasteiger partial charge in [0.2, 0.25) is 0 Å². The van der Waals surface area contributed by atoms with Crippen molar-refractivity contribution in [2.24, 2.45) is 0 Å². The zero-order chi connectivity index (χ0) is 34.1. The van der Waals surface area contributed by atoms with Crippen LogP contribution in [0.15, 0.2) is 54.9 Å². The highest BCUT2D eigenvalue weighted by Crippen LogP contribution is 2.29. The SMILES string of the molecule is CCCCCCCCCCOc1cnc(-c2ccc(C(=O)Oc3ccc(C(=O)OC(CCCCCC)C(F)(F)F)cc3F)cc2)nc1. The summed E-state index contributed by atoms with van der Waals surface area (Å²) in [6.07, 6.45) is 7.89. The third-order valence-electron chi connectivity index (χ3n) is 7.58. The highest BCUT2D eigenvalue weighted by molar-refractivity contribution is 5.92. The lowest BCUT2D eigenvalue weighted by Crippen LogP contribution is -2.33. The maximum absolute atomic E-state index is 14.7. The Morgan fingerprint density at radius 1 is 0.745 bits per heavy atom. The third-order valence-corrected chi connectivity index (χ3v) is 7.58. The summed E-state index contributed by atoms with van der Waals surface area (Å²) >= 11 is 0. The van der Waals surface area contributed by atoms with Crippen molar-refractivity contribution in [1.29, 1.82) is 0 Å². The Morgan fingerprint density at radius 3 is 1.91 bits per heavy atom.